The molecule has 1 fully saturated rings. The van der Waals surface area contributed by atoms with Crippen LogP contribution in [0.2, 0.25) is 0 Å². The molecule has 1 aliphatic rings. The van der Waals surface area contributed by atoms with Gasteiger partial charge in [0.2, 0.25) is 0 Å². The molecule has 0 aliphatic carbocycles. The van der Waals surface area contributed by atoms with Crippen LogP contribution in [0.3, 0.4) is 0 Å². The lowest BCUT2D eigenvalue weighted by Crippen LogP contribution is -2.40. The highest BCUT2D eigenvalue weighted by Gasteiger charge is 2.27. The Morgan fingerprint density at radius 3 is 2.95 bits per heavy atom. The van der Waals surface area contributed by atoms with Gasteiger partial charge < -0.3 is 10.2 Å². The molecular weight excluding hydrogens is 236 g/mol. The monoisotopic (exact) mass is 262 g/mol. The van der Waals surface area contributed by atoms with E-state index in [0.717, 1.165) is 44.1 Å². The summed E-state index contributed by atoms with van der Waals surface area (Å²) in [7, 11) is 0. The van der Waals surface area contributed by atoms with E-state index in [9.17, 15) is 0 Å². The van der Waals surface area contributed by atoms with Crippen LogP contribution in [0.5, 0.6) is 0 Å². The molecule has 2 rings (SSSR count). The standard InChI is InChI=1S/C15H26N4/c1-4-7-16-9-13-10-17-11-14(18-13)19-8-5-6-15(2,3)12-19/h10-11,16H,4-9,12H2,1-3H3. The van der Waals surface area contributed by atoms with Gasteiger partial charge in [0.05, 0.1) is 11.9 Å². The van der Waals surface area contributed by atoms with Crippen LogP contribution in [0.4, 0.5) is 5.82 Å². The van der Waals surface area contributed by atoms with Crippen molar-refractivity contribution in [1.82, 2.24) is 15.3 Å². The van der Waals surface area contributed by atoms with Gasteiger partial charge in [0.15, 0.2) is 0 Å². The van der Waals surface area contributed by atoms with Crippen LogP contribution < -0.4 is 10.2 Å². The van der Waals surface area contributed by atoms with Crippen molar-refractivity contribution in [2.75, 3.05) is 24.5 Å². The van der Waals surface area contributed by atoms with Gasteiger partial charge in [-0.3, -0.25) is 4.98 Å². The van der Waals surface area contributed by atoms with Crippen LogP contribution in [0.1, 0.15) is 45.7 Å². The molecule has 2 heterocycles. The third-order valence-corrected chi connectivity index (χ3v) is 3.63. The maximum absolute atomic E-state index is 4.73. The van der Waals surface area contributed by atoms with E-state index in [0.29, 0.717) is 5.41 Å². The lowest BCUT2D eigenvalue weighted by atomic mass is 9.84. The SMILES string of the molecule is CCCNCc1cncc(N2CCCC(C)(C)C2)n1. The molecule has 0 saturated carbocycles. The molecule has 1 aliphatic heterocycles. The van der Waals surface area contributed by atoms with E-state index in [4.69, 9.17) is 4.98 Å². The molecular formula is C15H26N4. The molecule has 1 saturated heterocycles. The second kappa shape index (κ2) is 6.33. The summed E-state index contributed by atoms with van der Waals surface area (Å²) in [6, 6.07) is 0. The van der Waals surface area contributed by atoms with Crippen LogP contribution in [-0.2, 0) is 6.54 Å². The fourth-order valence-corrected chi connectivity index (χ4v) is 2.64. The van der Waals surface area contributed by atoms with Crippen LogP contribution in [0, 0.1) is 5.41 Å². The van der Waals surface area contributed by atoms with E-state index >= 15 is 0 Å². The van der Waals surface area contributed by atoms with Gasteiger partial charge in [0.25, 0.3) is 0 Å². The van der Waals surface area contributed by atoms with Crippen molar-refractivity contribution in [2.45, 2.75) is 46.6 Å². The van der Waals surface area contributed by atoms with Gasteiger partial charge in [0, 0.05) is 25.8 Å². The molecule has 1 aromatic heterocycles. The summed E-state index contributed by atoms with van der Waals surface area (Å²) >= 11 is 0. The topological polar surface area (TPSA) is 41.1 Å². The second-order valence-electron chi connectivity index (χ2n) is 6.23. The Labute approximate surface area is 116 Å². The van der Waals surface area contributed by atoms with Crippen molar-refractivity contribution in [2.24, 2.45) is 5.41 Å². The Kier molecular flexibility index (Phi) is 4.75. The maximum atomic E-state index is 4.73. The van der Waals surface area contributed by atoms with E-state index in [1.807, 2.05) is 12.4 Å². The molecule has 1 aromatic rings. The fraction of sp³-hybridized carbons (Fsp3) is 0.733. The number of hydrogen-bond donors (Lipinski definition) is 1. The molecule has 4 nitrogen and oxygen atoms in total. The third kappa shape index (κ3) is 4.16. The summed E-state index contributed by atoms with van der Waals surface area (Å²) in [5.74, 6) is 1.03. The normalized spacial score (nSPS) is 18.6. The summed E-state index contributed by atoms with van der Waals surface area (Å²) < 4.78 is 0. The van der Waals surface area contributed by atoms with Gasteiger partial charge in [-0.05, 0) is 31.2 Å². The lowest BCUT2D eigenvalue weighted by Gasteiger charge is -2.38. The van der Waals surface area contributed by atoms with E-state index < -0.39 is 0 Å². The number of aromatic nitrogens is 2. The van der Waals surface area contributed by atoms with E-state index in [1.165, 1.54) is 12.8 Å². The zero-order valence-electron chi connectivity index (χ0n) is 12.4. The highest BCUT2D eigenvalue weighted by molar-refractivity contribution is 5.37. The van der Waals surface area contributed by atoms with Gasteiger partial charge in [-0.25, -0.2) is 4.98 Å². The predicted octanol–water partition coefficient (Wildman–Crippen LogP) is 2.60. The quantitative estimate of drug-likeness (QED) is 0.828. The van der Waals surface area contributed by atoms with Crippen LogP contribution in [0.15, 0.2) is 12.4 Å². The van der Waals surface area contributed by atoms with Crippen molar-refractivity contribution in [3.63, 3.8) is 0 Å². The number of piperidine rings is 1. The van der Waals surface area contributed by atoms with Crippen LogP contribution in [0.25, 0.3) is 0 Å². The minimum Gasteiger partial charge on any atom is -0.355 e. The highest BCUT2D eigenvalue weighted by Crippen LogP contribution is 2.30. The summed E-state index contributed by atoms with van der Waals surface area (Å²) in [6.45, 7) is 10.9. The third-order valence-electron chi connectivity index (χ3n) is 3.63. The van der Waals surface area contributed by atoms with E-state index in [1.54, 1.807) is 0 Å². The molecule has 1 N–H and O–H groups in total. The molecule has 0 atom stereocenters. The van der Waals surface area contributed by atoms with Crippen molar-refractivity contribution < 1.29 is 0 Å². The summed E-state index contributed by atoms with van der Waals surface area (Å²) in [5.41, 5.74) is 1.42. The lowest BCUT2D eigenvalue weighted by molar-refractivity contribution is 0.292. The molecule has 0 unspecified atom stereocenters. The number of nitrogens with one attached hydrogen (secondary N) is 1. The highest BCUT2D eigenvalue weighted by atomic mass is 15.2. The molecule has 0 spiro atoms. The van der Waals surface area contributed by atoms with Crippen LogP contribution in [-0.4, -0.2) is 29.6 Å². The average Bonchev–Trinajstić information content (AvgIpc) is 2.38. The molecule has 0 amide bonds. The Bertz CT molecular complexity index is 403. The zero-order chi connectivity index (χ0) is 13.7. The first-order valence-electron chi connectivity index (χ1n) is 7.37. The first-order valence-corrected chi connectivity index (χ1v) is 7.37. The van der Waals surface area contributed by atoms with Gasteiger partial charge in [-0.1, -0.05) is 20.8 Å². The number of hydrogen-bond acceptors (Lipinski definition) is 4. The summed E-state index contributed by atoms with van der Waals surface area (Å²) in [4.78, 5) is 11.5. The molecule has 106 valence electrons. The number of nitrogens with zero attached hydrogens (tertiary/aromatic N) is 3. The van der Waals surface area contributed by atoms with Crippen molar-refractivity contribution in [3.8, 4) is 0 Å². The largest absolute Gasteiger partial charge is 0.355 e. The first-order chi connectivity index (χ1) is 9.11. The summed E-state index contributed by atoms with van der Waals surface area (Å²) in [6.07, 6.45) is 7.45. The summed E-state index contributed by atoms with van der Waals surface area (Å²) in [5, 5.41) is 3.38. The van der Waals surface area contributed by atoms with Gasteiger partial charge >= 0.3 is 0 Å². The van der Waals surface area contributed by atoms with E-state index in [-0.39, 0.29) is 0 Å². The van der Waals surface area contributed by atoms with Gasteiger partial charge in [0.1, 0.15) is 5.82 Å². The smallest absolute Gasteiger partial charge is 0.147 e. The Hall–Kier alpha value is -1.16. The Balaban J connectivity index is 2.01. The molecule has 19 heavy (non-hydrogen) atoms. The van der Waals surface area contributed by atoms with Crippen LogP contribution >= 0.6 is 0 Å². The molecule has 0 radical (unpaired) electrons. The fourth-order valence-electron chi connectivity index (χ4n) is 2.64. The first kappa shape index (κ1) is 14.3. The van der Waals surface area contributed by atoms with Gasteiger partial charge in [-0.2, -0.15) is 0 Å². The van der Waals surface area contributed by atoms with Crippen molar-refractivity contribution >= 4 is 5.82 Å². The Morgan fingerprint density at radius 2 is 2.21 bits per heavy atom. The predicted molar refractivity (Wildman–Crippen MR) is 79.3 cm³/mol. The zero-order valence-corrected chi connectivity index (χ0v) is 12.4. The average molecular weight is 262 g/mol. The van der Waals surface area contributed by atoms with E-state index in [2.05, 4.69) is 36.0 Å². The molecule has 0 bridgehead atoms. The second-order valence-corrected chi connectivity index (χ2v) is 6.23. The number of rotatable bonds is 5. The Morgan fingerprint density at radius 1 is 1.37 bits per heavy atom. The minimum atomic E-state index is 0.385. The van der Waals surface area contributed by atoms with Crippen molar-refractivity contribution in [1.29, 1.82) is 0 Å². The minimum absolute atomic E-state index is 0.385. The molecule has 0 aromatic carbocycles. The molecule has 4 heteroatoms. The maximum Gasteiger partial charge on any atom is 0.147 e. The van der Waals surface area contributed by atoms with Gasteiger partial charge in [-0.15, -0.1) is 0 Å². The number of anilines is 1. The van der Waals surface area contributed by atoms with Crippen molar-refractivity contribution in [3.05, 3.63) is 18.1 Å².